The van der Waals surface area contributed by atoms with Crippen LogP contribution >= 0.6 is 23.8 Å². The summed E-state index contributed by atoms with van der Waals surface area (Å²) in [6, 6.07) is 13.1. The van der Waals surface area contributed by atoms with E-state index in [0.29, 0.717) is 15.7 Å². The molecule has 0 N–H and O–H groups in total. The van der Waals surface area contributed by atoms with Gasteiger partial charge < -0.3 is 0 Å². The maximum atomic E-state index is 13.7. The van der Waals surface area contributed by atoms with E-state index in [1.165, 1.54) is 12.1 Å². The molecule has 1 fully saturated rings. The maximum Gasteiger partial charge on any atom is 0.261 e. The third-order valence-corrected chi connectivity index (χ3v) is 6.03. The number of hydrogen-bond donors (Lipinski definition) is 0. The number of aliphatic imine (C=N–C) groups is 1. The number of nitrogens with zero attached hydrogens (tertiary/aromatic N) is 2. The summed E-state index contributed by atoms with van der Waals surface area (Å²) < 4.78 is 13.7. The van der Waals surface area contributed by atoms with Crippen LogP contribution < -0.4 is 0 Å². The average Bonchev–Trinajstić information content (AvgIpc) is 2.81. The zero-order chi connectivity index (χ0) is 19.7. The van der Waals surface area contributed by atoms with Crippen molar-refractivity contribution in [1.82, 2.24) is 4.90 Å². The second-order valence-electron chi connectivity index (χ2n) is 7.32. The Kier molecular flexibility index (Phi) is 5.30. The molecule has 2 aromatic carbocycles. The average molecular weight is 415 g/mol. The lowest BCUT2D eigenvalue weighted by molar-refractivity contribution is 0.0691. The summed E-state index contributed by atoms with van der Waals surface area (Å²) in [5, 5.41) is 0.591. The van der Waals surface area contributed by atoms with E-state index in [0.717, 1.165) is 44.1 Å². The molecule has 2 aliphatic rings. The van der Waals surface area contributed by atoms with Gasteiger partial charge in [-0.15, -0.1) is 0 Å². The Bertz CT molecular complexity index is 967. The quantitative estimate of drug-likeness (QED) is 0.581. The molecular formula is C22H20ClFN2OS. The van der Waals surface area contributed by atoms with Crippen molar-refractivity contribution >= 4 is 40.4 Å². The van der Waals surface area contributed by atoms with Gasteiger partial charge in [-0.3, -0.25) is 14.7 Å². The van der Waals surface area contributed by atoms with Crippen molar-refractivity contribution in [1.29, 1.82) is 0 Å². The molecule has 1 aliphatic heterocycles. The van der Waals surface area contributed by atoms with Gasteiger partial charge in [-0.1, -0.05) is 54.9 Å². The van der Waals surface area contributed by atoms with Crippen molar-refractivity contribution in [2.75, 3.05) is 0 Å². The zero-order valence-electron chi connectivity index (χ0n) is 15.3. The summed E-state index contributed by atoms with van der Waals surface area (Å²) in [6.07, 6.45) is 5.66. The fourth-order valence-corrected chi connectivity index (χ4v) is 4.69. The Morgan fingerprint density at radius 3 is 2.46 bits per heavy atom. The van der Waals surface area contributed by atoms with Gasteiger partial charge >= 0.3 is 0 Å². The highest BCUT2D eigenvalue weighted by Crippen LogP contribution is 2.40. The number of thiocarbonyl (C=S) groups is 1. The van der Waals surface area contributed by atoms with E-state index in [9.17, 15) is 9.18 Å². The van der Waals surface area contributed by atoms with Crippen LogP contribution in [-0.2, 0) is 0 Å². The molecule has 144 valence electrons. The molecule has 0 atom stereocenters. The van der Waals surface area contributed by atoms with Crippen molar-refractivity contribution in [2.45, 2.75) is 44.2 Å². The summed E-state index contributed by atoms with van der Waals surface area (Å²) in [7, 11) is 0. The van der Waals surface area contributed by atoms with Crippen LogP contribution in [0.5, 0.6) is 0 Å². The van der Waals surface area contributed by atoms with Gasteiger partial charge in [-0.25, -0.2) is 4.39 Å². The lowest BCUT2D eigenvalue weighted by Gasteiger charge is -2.35. The molecule has 6 heteroatoms. The molecule has 4 rings (SSSR count). The highest BCUT2D eigenvalue weighted by molar-refractivity contribution is 7.82. The standard InChI is InChI=1S/C22H20ClFN2OS/c23-17-9-5-7-15(13-17)19-21(28)26(20(27)16-8-6-10-18(24)14-16)22(25-19)11-3-1-2-4-12-22/h5-10,13-14H,1-4,11-12H2. The topological polar surface area (TPSA) is 32.7 Å². The molecule has 0 bridgehead atoms. The monoisotopic (exact) mass is 414 g/mol. The van der Waals surface area contributed by atoms with Gasteiger partial charge in [-0.2, -0.15) is 0 Å². The van der Waals surface area contributed by atoms with Crippen LogP contribution in [0.1, 0.15) is 54.4 Å². The predicted octanol–water partition coefficient (Wildman–Crippen LogP) is 5.80. The van der Waals surface area contributed by atoms with Crippen LogP contribution in [0.25, 0.3) is 0 Å². The number of carbonyl (C=O) groups is 1. The first-order chi connectivity index (χ1) is 13.5. The smallest absolute Gasteiger partial charge is 0.261 e. The van der Waals surface area contributed by atoms with Crippen LogP contribution in [-0.4, -0.2) is 27.2 Å². The van der Waals surface area contributed by atoms with E-state index < -0.39 is 11.5 Å². The van der Waals surface area contributed by atoms with E-state index >= 15 is 0 Å². The normalized spacial score (nSPS) is 18.9. The number of halogens is 2. The summed E-state index contributed by atoms with van der Waals surface area (Å²) in [4.78, 5) is 20.4. The number of benzene rings is 2. The molecule has 0 unspecified atom stereocenters. The Morgan fingerprint density at radius 2 is 1.79 bits per heavy atom. The maximum absolute atomic E-state index is 13.7. The first-order valence-corrected chi connectivity index (χ1v) is 10.3. The van der Waals surface area contributed by atoms with E-state index in [-0.39, 0.29) is 11.5 Å². The minimum Gasteiger partial charge on any atom is -0.271 e. The largest absolute Gasteiger partial charge is 0.271 e. The third-order valence-electron chi connectivity index (χ3n) is 5.42. The molecule has 1 spiro atoms. The van der Waals surface area contributed by atoms with Gasteiger partial charge in [0, 0.05) is 16.1 Å². The summed E-state index contributed by atoms with van der Waals surface area (Å²) >= 11 is 11.9. The minimum atomic E-state index is -0.700. The van der Waals surface area contributed by atoms with Gasteiger partial charge in [0.05, 0.1) is 0 Å². The van der Waals surface area contributed by atoms with Crippen molar-refractivity contribution < 1.29 is 9.18 Å². The van der Waals surface area contributed by atoms with Crippen molar-refractivity contribution in [3.05, 3.63) is 70.5 Å². The van der Waals surface area contributed by atoms with Gasteiger partial charge in [0.15, 0.2) is 0 Å². The number of hydrogen-bond acceptors (Lipinski definition) is 3. The van der Waals surface area contributed by atoms with Crippen LogP contribution in [0.2, 0.25) is 5.02 Å². The third kappa shape index (κ3) is 3.49. The molecule has 2 aromatic rings. The molecule has 0 radical (unpaired) electrons. The predicted molar refractivity (Wildman–Crippen MR) is 114 cm³/mol. The Hall–Kier alpha value is -2.11. The molecular weight excluding hydrogens is 395 g/mol. The molecule has 0 aromatic heterocycles. The van der Waals surface area contributed by atoms with Crippen molar-refractivity contribution in [3.8, 4) is 0 Å². The van der Waals surface area contributed by atoms with E-state index in [4.69, 9.17) is 28.8 Å². The number of carbonyl (C=O) groups excluding carboxylic acids is 1. The number of amides is 1. The second kappa shape index (κ2) is 7.72. The molecule has 3 nitrogen and oxygen atoms in total. The molecule has 1 aliphatic carbocycles. The zero-order valence-corrected chi connectivity index (χ0v) is 16.9. The summed E-state index contributed by atoms with van der Waals surface area (Å²) in [5.74, 6) is -0.742. The minimum absolute atomic E-state index is 0.286. The van der Waals surface area contributed by atoms with Crippen molar-refractivity contribution in [2.24, 2.45) is 4.99 Å². The highest BCUT2D eigenvalue weighted by Gasteiger charge is 2.48. The van der Waals surface area contributed by atoms with Crippen LogP contribution in [0.4, 0.5) is 4.39 Å². The Balaban J connectivity index is 1.80. The Labute approximate surface area is 174 Å². The SMILES string of the molecule is O=C(c1cccc(F)c1)N1C(=S)C(c2cccc(Cl)c2)=NC12CCCCCC2. The second-order valence-corrected chi connectivity index (χ2v) is 8.15. The lowest BCUT2D eigenvalue weighted by atomic mass is 9.99. The summed E-state index contributed by atoms with van der Waals surface area (Å²) in [6.45, 7) is 0. The van der Waals surface area contributed by atoms with Crippen molar-refractivity contribution in [3.63, 3.8) is 0 Å². The van der Waals surface area contributed by atoms with Crippen LogP contribution in [0.3, 0.4) is 0 Å². The first-order valence-electron chi connectivity index (χ1n) is 9.50. The Morgan fingerprint density at radius 1 is 1.07 bits per heavy atom. The highest BCUT2D eigenvalue weighted by atomic mass is 35.5. The van der Waals surface area contributed by atoms with E-state index in [1.807, 2.05) is 18.2 Å². The van der Waals surface area contributed by atoms with Crippen LogP contribution in [0.15, 0.2) is 53.5 Å². The molecule has 1 saturated carbocycles. The first kappa shape index (κ1) is 19.2. The molecule has 1 amide bonds. The lowest BCUT2D eigenvalue weighted by Crippen LogP contribution is -2.49. The summed E-state index contributed by atoms with van der Waals surface area (Å²) in [5.41, 5.74) is 1.00. The van der Waals surface area contributed by atoms with E-state index in [1.54, 1.807) is 23.1 Å². The fraction of sp³-hybridized carbons (Fsp3) is 0.318. The molecule has 1 heterocycles. The molecule has 0 saturated heterocycles. The molecule has 28 heavy (non-hydrogen) atoms. The van der Waals surface area contributed by atoms with Gasteiger partial charge in [0.2, 0.25) is 0 Å². The van der Waals surface area contributed by atoms with Crippen LogP contribution in [0, 0.1) is 5.82 Å². The van der Waals surface area contributed by atoms with Gasteiger partial charge in [0.1, 0.15) is 22.2 Å². The fourth-order valence-electron chi connectivity index (χ4n) is 4.09. The van der Waals surface area contributed by atoms with Gasteiger partial charge in [0.25, 0.3) is 5.91 Å². The van der Waals surface area contributed by atoms with Gasteiger partial charge in [-0.05, 0) is 56.0 Å². The number of rotatable bonds is 2. The van der Waals surface area contributed by atoms with E-state index in [2.05, 4.69) is 0 Å².